The van der Waals surface area contributed by atoms with E-state index in [4.69, 9.17) is 4.98 Å². The number of hydrogen-bond donors (Lipinski definition) is 1. The van der Waals surface area contributed by atoms with E-state index >= 15 is 0 Å². The fraction of sp³-hybridized carbons (Fsp3) is 0.588. The van der Waals surface area contributed by atoms with Crippen LogP contribution in [0.3, 0.4) is 0 Å². The van der Waals surface area contributed by atoms with Gasteiger partial charge in [0.25, 0.3) is 0 Å². The highest BCUT2D eigenvalue weighted by atomic mass is 15.3. The molecular weight excluding hydrogens is 260 g/mol. The van der Waals surface area contributed by atoms with Crippen LogP contribution in [0.4, 0.5) is 5.82 Å². The van der Waals surface area contributed by atoms with Crippen molar-refractivity contribution in [1.29, 1.82) is 0 Å². The van der Waals surface area contributed by atoms with E-state index in [0.717, 1.165) is 51.6 Å². The van der Waals surface area contributed by atoms with Gasteiger partial charge in [0.15, 0.2) is 0 Å². The van der Waals surface area contributed by atoms with Gasteiger partial charge in [-0.25, -0.2) is 4.98 Å². The summed E-state index contributed by atoms with van der Waals surface area (Å²) in [7, 11) is 0. The standard InChI is InChI=1S/C17H26N4/c1-2-3-9-20-10-12-21(13-11-20)14-16-7-6-15-5-4-8-18-17(15)19-16/h2-3,6-7H,4-5,8-14H2,1H3,(H,18,19)/b3-2+. The summed E-state index contributed by atoms with van der Waals surface area (Å²) in [6, 6.07) is 4.46. The van der Waals surface area contributed by atoms with E-state index in [-0.39, 0.29) is 0 Å². The molecule has 4 nitrogen and oxygen atoms in total. The molecule has 2 aliphatic heterocycles. The van der Waals surface area contributed by atoms with Gasteiger partial charge in [-0.2, -0.15) is 0 Å². The molecule has 0 aliphatic carbocycles. The second-order valence-corrected chi connectivity index (χ2v) is 5.99. The van der Waals surface area contributed by atoms with Crippen LogP contribution < -0.4 is 5.32 Å². The van der Waals surface area contributed by atoms with Crippen molar-refractivity contribution in [1.82, 2.24) is 14.8 Å². The average molecular weight is 286 g/mol. The van der Waals surface area contributed by atoms with E-state index in [9.17, 15) is 0 Å². The predicted molar refractivity (Wildman–Crippen MR) is 87.6 cm³/mol. The number of nitrogens with one attached hydrogen (secondary N) is 1. The molecule has 0 atom stereocenters. The quantitative estimate of drug-likeness (QED) is 0.859. The Hall–Kier alpha value is -1.39. The van der Waals surface area contributed by atoms with Crippen LogP contribution in [0.2, 0.25) is 0 Å². The smallest absolute Gasteiger partial charge is 0.129 e. The zero-order chi connectivity index (χ0) is 14.5. The van der Waals surface area contributed by atoms with Crippen LogP contribution in [0.5, 0.6) is 0 Å². The summed E-state index contributed by atoms with van der Waals surface area (Å²) in [6.07, 6.45) is 6.77. The van der Waals surface area contributed by atoms with Crippen molar-refractivity contribution >= 4 is 5.82 Å². The molecule has 1 aromatic rings. The van der Waals surface area contributed by atoms with Gasteiger partial charge in [-0.3, -0.25) is 9.80 Å². The molecule has 0 amide bonds. The van der Waals surface area contributed by atoms with Crippen LogP contribution in [0.25, 0.3) is 0 Å². The lowest BCUT2D eigenvalue weighted by Gasteiger charge is -2.34. The fourth-order valence-corrected chi connectivity index (χ4v) is 3.07. The molecular formula is C17H26N4. The average Bonchev–Trinajstić information content (AvgIpc) is 2.54. The van der Waals surface area contributed by atoms with E-state index in [1.54, 1.807) is 0 Å². The predicted octanol–water partition coefficient (Wildman–Crippen LogP) is 2.13. The first-order valence-corrected chi connectivity index (χ1v) is 8.13. The third-order valence-electron chi connectivity index (χ3n) is 4.40. The number of pyridine rings is 1. The number of rotatable bonds is 4. The molecule has 1 N–H and O–H groups in total. The monoisotopic (exact) mass is 286 g/mol. The van der Waals surface area contributed by atoms with Gasteiger partial charge in [0.2, 0.25) is 0 Å². The maximum absolute atomic E-state index is 4.80. The Bertz CT molecular complexity index is 490. The zero-order valence-electron chi connectivity index (χ0n) is 13.0. The van der Waals surface area contributed by atoms with Gasteiger partial charge in [0.1, 0.15) is 5.82 Å². The van der Waals surface area contributed by atoms with E-state index in [2.05, 4.69) is 46.3 Å². The highest BCUT2D eigenvalue weighted by Crippen LogP contribution is 2.20. The zero-order valence-corrected chi connectivity index (χ0v) is 13.0. The molecule has 114 valence electrons. The van der Waals surface area contributed by atoms with Gasteiger partial charge >= 0.3 is 0 Å². The Morgan fingerprint density at radius 3 is 2.81 bits per heavy atom. The van der Waals surface area contributed by atoms with E-state index in [1.807, 2.05) is 0 Å². The number of aromatic nitrogens is 1. The summed E-state index contributed by atoms with van der Waals surface area (Å²) in [6.45, 7) is 9.82. The van der Waals surface area contributed by atoms with Gasteiger partial charge < -0.3 is 5.32 Å². The normalized spacial score (nSPS) is 20.4. The third-order valence-corrected chi connectivity index (χ3v) is 4.40. The number of hydrogen-bond acceptors (Lipinski definition) is 4. The maximum Gasteiger partial charge on any atom is 0.129 e. The molecule has 3 heterocycles. The first kappa shape index (κ1) is 14.5. The lowest BCUT2D eigenvalue weighted by Crippen LogP contribution is -2.45. The van der Waals surface area contributed by atoms with E-state index < -0.39 is 0 Å². The molecule has 0 saturated carbocycles. The lowest BCUT2D eigenvalue weighted by molar-refractivity contribution is 0.136. The molecule has 1 saturated heterocycles. The largest absolute Gasteiger partial charge is 0.370 e. The Morgan fingerprint density at radius 1 is 1.19 bits per heavy atom. The molecule has 0 spiro atoms. The van der Waals surface area contributed by atoms with Crippen LogP contribution >= 0.6 is 0 Å². The number of piperazine rings is 1. The van der Waals surface area contributed by atoms with Crippen molar-refractivity contribution in [3.63, 3.8) is 0 Å². The van der Waals surface area contributed by atoms with Crippen LogP contribution in [0.1, 0.15) is 24.6 Å². The minimum atomic E-state index is 0.979. The van der Waals surface area contributed by atoms with Gasteiger partial charge in [0.05, 0.1) is 5.69 Å². The Labute approximate surface area is 127 Å². The van der Waals surface area contributed by atoms with Crippen LogP contribution in [0, 0.1) is 0 Å². The number of aryl methyl sites for hydroxylation is 1. The SMILES string of the molecule is C/C=C/CN1CCN(Cc2ccc3c(n2)NCCC3)CC1. The lowest BCUT2D eigenvalue weighted by atomic mass is 10.1. The van der Waals surface area contributed by atoms with Gasteiger partial charge in [0, 0.05) is 45.8 Å². The van der Waals surface area contributed by atoms with Crippen LogP contribution in [-0.4, -0.2) is 54.1 Å². The molecule has 2 aliphatic rings. The summed E-state index contributed by atoms with van der Waals surface area (Å²) in [5.74, 6) is 1.12. The molecule has 0 aromatic carbocycles. The second kappa shape index (κ2) is 7.05. The third kappa shape index (κ3) is 3.83. The van der Waals surface area contributed by atoms with Gasteiger partial charge in [-0.1, -0.05) is 18.2 Å². The van der Waals surface area contributed by atoms with Crippen LogP contribution in [-0.2, 0) is 13.0 Å². The molecule has 0 radical (unpaired) electrons. The number of allylic oxidation sites excluding steroid dienone is 1. The molecule has 3 rings (SSSR count). The molecule has 21 heavy (non-hydrogen) atoms. The van der Waals surface area contributed by atoms with Gasteiger partial charge in [-0.05, 0) is 31.4 Å². The molecule has 0 bridgehead atoms. The van der Waals surface area contributed by atoms with E-state index in [1.165, 1.54) is 24.1 Å². The summed E-state index contributed by atoms with van der Waals surface area (Å²) in [5, 5.41) is 3.43. The first-order chi connectivity index (χ1) is 10.3. The van der Waals surface area contributed by atoms with Gasteiger partial charge in [-0.15, -0.1) is 0 Å². The minimum absolute atomic E-state index is 0.979. The van der Waals surface area contributed by atoms with Crippen LogP contribution in [0.15, 0.2) is 24.3 Å². The van der Waals surface area contributed by atoms with Crippen molar-refractivity contribution in [2.75, 3.05) is 44.6 Å². The molecule has 4 heteroatoms. The van der Waals surface area contributed by atoms with Crippen molar-refractivity contribution in [3.8, 4) is 0 Å². The Kier molecular flexibility index (Phi) is 4.88. The summed E-state index contributed by atoms with van der Waals surface area (Å²) < 4.78 is 0. The highest BCUT2D eigenvalue weighted by Gasteiger charge is 2.17. The topological polar surface area (TPSA) is 31.4 Å². The first-order valence-electron chi connectivity index (χ1n) is 8.13. The summed E-state index contributed by atoms with van der Waals surface area (Å²) in [5.41, 5.74) is 2.58. The number of anilines is 1. The Morgan fingerprint density at radius 2 is 2.00 bits per heavy atom. The Balaban J connectivity index is 1.53. The molecule has 1 aromatic heterocycles. The van der Waals surface area contributed by atoms with Crippen molar-refractivity contribution in [3.05, 3.63) is 35.5 Å². The summed E-state index contributed by atoms with van der Waals surface area (Å²) >= 11 is 0. The highest BCUT2D eigenvalue weighted by molar-refractivity contribution is 5.46. The van der Waals surface area contributed by atoms with E-state index in [0.29, 0.717) is 0 Å². The molecule has 0 unspecified atom stereocenters. The van der Waals surface area contributed by atoms with Crippen molar-refractivity contribution < 1.29 is 0 Å². The number of fused-ring (bicyclic) bond motifs is 1. The minimum Gasteiger partial charge on any atom is -0.370 e. The summed E-state index contributed by atoms with van der Waals surface area (Å²) in [4.78, 5) is 9.83. The maximum atomic E-state index is 4.80. The number of nitrogens with zero attached hydrogens (tertiary/aromatic N) is 3. The second-order valence-electron chi connectivity index (χ2n) is 5.99. The van der Waals surface area contributed by atoms with Crippen molar-refractivity contribution in [2.45, 2.75) is 26.3 Å². The molecule has 1 fully saturated rings. The van der Waals surface area contributed by atoms with Crippen molar-refractivity contribution in [2.24, 2.45) is 0 Å². The fourth-order valence-electron chi connectivity index (χ4n) is 3.07.